The van der Waals surface area contributed by atoms with Crippen LogP contribution in [0.1, 0.15) is 18.4 Å². The summed E-state index contributed by atoms with van der Waals surface area (Å²) >= 11 is 7.29. The summed E-state index contributed by atoms with van der Waals surface area (Å²) in [5, 5.41) is 6.32. The van der Waals surface area contributed by atoms with Gasteiger partial charge in [0.2, 0.25) is 5.91 Å². The number of hydrogen-bond acceptors (Lipinski definition) is 4. The molecule has 0 spiro atoms. The Bertz CT molecular complexity index is 648. The average molecular weight is 329 g/mol. The SMILES string of the molecule is Cc1cc(CS[C@H](C)C(=O)Nc2ccc(F)cc2Cl)on1. The lowest BCUT2D eigenvalue weighted by Gasteiger charge is -2.12. The zero-order valence-corrected chi connectivity index (χ0v) is 13.1. The van der Waals surface area contributed by atoms with Crippen molar-refractivity contribution in [2.45, 2.75) is 24.9 Å². The number of hydrogen-bond donors (Lipinski definition) is 1. The first-order valence-electron chi connectivity index (χ1n) is 6.25. The molecule has 1 aromatic carbocycles. The first-order valence-corrected chi connectivity index (χ1v) is 7.68. The van der Waals surface area contributed by atoms with Gasteiger partial charge >= 0.3 is 0 Å². The van der Waals surface area contributed by atoms with Gasteiger partial charge in [0.1, 0.15) is 11.6 Å². The van der Waals surface area contributed by atoms with Crippen molar-refractivity contribution in [2.24, 2.45) is 0 Å². The molecule has 0 aliphatic carbocycles. The standard InChI is InChI=1S/C14H14ClFN2O2S/c1-8-5-11(20-18-8)7-21-9(2)14(19)17-13-4-3-10(16)6-12(13)15/h3-6,9H,7H2,1-2H3,(H,17,19)/t9-/m1/s1. The molecule has 0 saturated carbocycles. The molecule has 7 heteroatoms. The Morgan fingerprint density at radius 1 is 1.52 bits per heavy atom. The number of halogens is 2. The van der Waals surface area contributed by atoms with Crippen molar-refractivity contribution in [3.63, 3.8) is 0 Å². The molecule has 0 aliphatic heterocycles. The Morgan fingerprint density at radius 3 is 2.90 bits per heavy atom. The van der Waals surface area contributed by atoms with Crippen molar-refractivity contribution in [2.75, 3.05) is 5.32 Å². The second kappa shape index (κ2) is 6.95. The number of anilines is 1. The van der Waals surface area contributed by atoms with Crippen molar-refractivity contribution in [3.05, 3.63) is 46.6 Å². The van der Waals surface area contributed by atoms with Crippen LogP contribution in [-0.4, -0.2) is 16.3 Å². The quantitative estimate of drug-likeness (QED) is 0.900. The minimum Gasteiger partial charge on any atom is -0.360 e. The van der Waals surface area contributed by atoms with E-state index in [0.717, 1.165) is 17.5 Å². The fraction of sp³-hybridized carbons (Fsp3) is 0.286. The summed E-state index contributed by atoms with van der Waals surface area (Å²) in [6, 6.07) is 5.67. The number of benzene rings is 1. The molecule has 4 nitrogen and oxygen atoms in total. The second-order valence-corrected chi connectivity index (χ2v) is 6.24. The number of thioether (sulfide) groups is 1. The first kappa shape index (κ1) is 15.9. The molecule has 2 aromatic rings. The Kier molecular flexibility index (Phi) is 5.25. The van der Waals surface area contributed by atoms with Crippen LogP contribution in [0.25, 0.3) is 0 Å². The third kappa shape index (κ3) is 4.47. The third-order valence-electron chi connectivity index (χ3n) is 2.71. The summed E-state index contributed by atoms with van der Waals surface area (Å²) < 4.78 is 18.0. The lowest BCUT2D eigenvalue weighted by atomic mass is 10.3. The van der Waals surface area contributed by atoms with Crippen LogP contribution >= 0.6 is 23.4 Å². The van der Waals surface area contributed by atoms with Crippen LogP contribution in [0.3, 0.4) is 0 Å². The number of carbonyl (C=O) groups excluding carboxylic acids is 1. The minimum absolute atomic E-state index is 0.173. The molecule has 2 rings (SSSR count). The van der Waals surface area contributed by atoms with Crippen molar-refractivity contribution in [1.82, 2.24) is 5.16 Å². The fourth-order valence-corrected chi connectivity index (χ4v) is 2.57. The molecule has 1 amide bonds. The molecule has 112 valence electrons. The van der Waals surface area contributed by atoms with E-state index in [1.54, 1.807) is 6.92 Å². The van der Waals surface area contributed by atoms with E-state index in [2.05, 4.69) is 10.5 Å². The first-order chi connectivity index (χ1) is 9.95. The molecule has 21 heavy (non-hydrogen) atoms. The van der Waals surface area contributed by atoms with E-state index in [9.17, 15) is 9.18 Å². The smallest absolute Gasteiger partial charge is 0.237 e. The zero-order valence-electron chi connectivity index (χ0n) is 11.5. The van der Waals surface area contributed by atoms with E-state index < -0.39 is 5.82 Å². The molecule has 0 unspecified atom stereocenters. The predicted octanol–water partition coefficient (Wildman–Crippen LogP) is 4.04. The number of nitrogens with zero attached hydrogens (tertiary/aromatic N) is 1. The lowest BCUT2D eigenvalue weighted by Crippen LogP contribution is -2.22. The van der Waals surface area contributed by atoms with Gasteiger partial charge in [0.15, 0.2) is 0 Å². The van der Waals surface area contributed by atoms with E-state index in [4.69, 9.17) is 16.1 Å². The van der Waals surface area contributed by atoms with Gasteiger partial charge < -0.3 is 9.84 Å². The van der Waals surface area contributed by atoms with Gasteiger partial charge in [0, 0.05) is 6.07 Å². The highest BCUT2D eigenvalue weighted by atomic mass is 35.5. The van der Waals surface area contributed by atoms with E-state index in [0.29, 0.717) is 11.4 Å². The molecule has 0 bridgehead atoms. The molecule has 0 radical (unpaired) electrons. The van der Waals surface area contributed by atoms with Crippen LogP contribution in [-0.2, 0) is 10.5 Å². The summed E-state index contributed by atoms with van der Waals surface area (Å²) in [7, 11) is 0. The maximum atomic E-state index is 12.9. The minimum atomic E-state index is -0.443. The van der Waals surface area contributed by atoms with Crippen LogP contribution in [0.4, 0.5) is 10.1 Å². The zero-order chi connectivity index (χ0) is 15.4. The predicted molar refractivity (Wildman–Crippen MR) is 82.0 cm³/mol. The van der Waals surface area contributed by atoms with Gasteiger partial charge in [0.05, 0.1) is 27.4 Å². The summed E-state index contributed by atoms with van der Waals surface area (Å²) in [6.45, 7) is 3.62. The number of aryl methyl sites for hydroxylation is 1. The Labute approximate surface area is 131 Å². The molecule has 1 N–H and O–H groups in total. The average Bonchev–Trinajstić information content (AvgIpc) is 2.85. The largest absolute Gasteiger partial charge is 0.360 e. The molecule has 1 atom stereocenters. The molecule has 0 aliphatic rings. The van der Waals surface area contributed by atoms with Gasteiger partial charge in [-0.05, 0) is 32.0 Å². The Morgan fingerprint density at radius 2 is 2.29 bits per heavy atom. The number of nitrogens with one attached hydrogen (secondary N) is 1. The van der Waals surface area contributed by atoms with Crippen LogP contribution in [0, 0.1) is 12.7 Å². The van der Waals surface area contributed by atoms with Gasteiger partial charge in [-0.3, -0.25) is 4.79 Å². The molecule has 1 aromatic heterocycles. The lowest BCUT2D eigenvalue weighted by molar-refractivity contribution is -0.115. The summed E-state index contributed by atoms with van der Waals surface area (Å²) in [5.41, 5.74) is 1.20. The summed E-state index contributed by atoms with van der Waals surface area (Å²) in [4.78, 5) is 12.0. The molecule has 0 fully saturated rings. The number of amides is 1. The molecule has 0 saturated heterocycles. The highest BCUT2D eigenvalue weighted by molar-refractivity contribution is 7.99. The van der Waals surface area contributed by atoms with E-state index in [1.807, 2.05) is 13.0 Å². The maximum absolute atomic E-state index is 12.9. The molecule has 1 heterocycles. The highest BCUT2D eigenvalue weighted by Crippen LogP contribution is 2.24. The van der Waals surface area contributed by atoms with E-state index in [-0.39, 0.29) is 16.2 Å². The van der Waals surface area contributed by atoms with Crippen LogP contribution in [0.15, 0.2) is 28.8 Å². The van der Waals surface area contributed by atoms with Crippen LogP contribution in [0.2, 0.25) is 5.02 Å². The fourth-order valence-electron chi connectivity index (χ4n) is 1.59. The number of rotatable bonds is 5. The number of carbonyl (C=O) groups is 1. The monoisotopic (exact) mass is 328 g/mol. The van der Waals surface area contributed by atoms with Gasteiger partial charge in [0.25, 0.3) is 0 Å². The van der Waals surface area contributed by atoms with Gasteiger partial charge in [-0.2, -0.15) is 0 Å². The van der Waals surface area contributed by atoms with Crippen molar-refractivity contribution in [3.8, 4) is 0 Å². The highest BCUT2D eigenvalue weighted by Gasteiger charge is 2.16. The van der Waals surface area contributed by atoms with E-state index >= 15 is 0 Å². The van der Waals surface area contributed by atoms with Crippen molar-refractivity contribution >= 4 is 35.0 Å². The summed E-state index contributed by atoms with van der Waals surface area (Å²) in [5.74, 6) is 0.620. The normalized spacial score (nSPS) is 12.2. The van der Waals surface area contributed by atoms with E-state index in [1.165, 1.54) is 23.9 Å². The number of aromatic nitrogens is 1. The Hall–Kier alpha value is -1.53. The topological polar surface area (TPSA) is 55.1 Å². The van der Waals surface area contributed by atoms with Crippen molar-refractivity contribution in [1.29, 1.82) is 0 Å². The third-order valence-corrected chi connectivity index (χ3v) is 4.19. The summed E-state index contributed by atoms with van der Waals surface area (Å²) in [6.07, 6.45) is 0. The Balaban J connectivity index is 1.90. The van der Waals surface area contributed by atoms with Gasteiger partial charge in [-0.25, -0.2) is 4.39 Å². The van der Waals surface area contributed by atoms with Crippen LogP contribution < -0.4 is 5.32 Å². The molecular formula is C14H14ClFN2O2S. The van der Waals surface area contributed by atoms with Gasteiger partial charge in [-0.15, -0.1) is 11.8 Å². The maximum Gasteiger partial charge on any atom is 0.237 e. The van der Waals surface area contributed by atoms with Crippen LogP contribution in [0.5, 0.6) is 0 Å². The van der Waals surface area contributed by atoms with Crippen molar-refractivity contribution < 1.29 is 13.7 Å². The van der Waals surface area contributed by atoms with Gasteiger partial charge in [-0.1, -0.05) is 16.8 Å². The second-order valence-electron chi connectivity index (χ2n) is 4.50. The molecular weight excluding hydrogens is 315 g/mol.